The zero-order valence-electron chi connectivity index (χ0n) is 13.5. The predicted octanol–water partition coefficient (Wildman–Crippen LogP) is 3.82. The Kier molecular flexibility index (Phi) is 3.89. The molecule has 0 aliphatic rings. The van der Waals surface area contributed by atoms with Gasteiger partial charge in [0.05, 0.1) is 17.4 Å². The fourth-order valence-corrected chi connectivity index (χ4v) is 2.55. The molecule has 7 heteroatoms. The molecule has 25 heavy (non-hydrogen) atoms. The van der Waals surface area contributed by atoms with E-state index in [1.807, 2.05) is 24.5 Å². The summed E-state index contributed by atoms with van der Waals surface area (Å²) >= 11 is 0. The molecule has 0 fully saturated rings. The second-order valence-corrected chi connectivity index (χ2v) is 5.49. The van der Waals surface area contributed by atoms with E-state index in [1.165, 1.54) is 12.1 Å². The van der Waals surface area contributed by atoms with E-state index in [2.05, 4.69) is 26.6 Å². The van der Waals surface area contributed by atoms with Gasteiger partial charge in [0, 0.05) is 12.1 Å². The van der Waals surface area contributed by atoms with Crippen molar-refractivity contribution in [3.8, 4) is 17.1 Å². The Morgan fingerprint density at radius 3 is 2.80 bits per heavy atom. The van der Waals surface area contributed by atoms with Crippen molar-refractivity contribution in [2.75, 3.05) is 0 Å². The van der Waals surface area contributed by atoms with Crippen LogP contribution in [0.15, 0.2) is 53.3 Å². The summed E-state index contributed by atoms with van der Waals surface area (Å²) in [5.74, 6) is 1.07. The molecule has 2 aromatic heterocycles. The average molecular weight is 338 g/mol. The molecule has 0 saturated carbocycles. The van der Waals surface area contributed by atoms with Gasteiger partial charge in [0.25, 0.3) is 5.89 Å². The fraction of sp³-hybridized carbons (Fsp3) is 0.167. The van der Waals surface area contributed by atoms with E-state index in [9.17, 15) is 4.39 Å². The summed E-state index contributed by atoms with van der Waals surface area (Å²) in [6.07, 6.45) is 1.81. The number of ether oxygens (including phenoxy) is 1. The summed E-state index contributed by atoms with van der Waals surface area (Å²) in [6.45, 7) is 3.02. The summed E-state index contributed by atoms with van der Waals surface area (Å²) in [6, 6.07) is 11.6. The number of aryl methyl sites for hydroxylation is 1. The highest BCUT2D eigenvalue weighted by atomic mass is 19.1. The molecular weight excluding hydrogens is 323 g/mol. The van der Waals surface area contributed by atoms with E-state index in [4.69, 9.17) is 9.26 Å². The summed E-state index contributed by atoms with van der Waals surface area (Å²) < 4.78 is 25.7. The quantitative estimate of drug-likeness (QED) is 0.553. The van der Waals surface area contributed by atoms with E-state index >= 15 is 0 Å². The third-order valence-corrected chi connectivity index (χ3v) is 3.86. The largest absolute Gasteiger partial charge is 0.484 e. The minimum Gasteiger partial charge on any atom is -0.484 e. The van der Waals surface area contributed by atoms with E-state index in [1.54, 1.807) is 12.1 Å². The summed E-state index contributed by atoms with van der Waals surface area (Å²) in [7, 11) is 0. The van der Waals surface area contributed by atoms with Crippen LogP contribution < -0.4 is 4.74 Å². The Morgan fingerprint density at radius 1 is 1.16 bits per heavy atom. The van der Waals surface area contributed by atoms with Crippen LogP contribution in [0, 0.1) is 5.82 Å². The number of fused-ring (bicyclic) bond motifs is 1. The molecule has 0 saturated heterocycles. The maximum Gasteiger partial charge on any atom is 0.264 e. The number of hydrogen-bond donors (Lipinski definition) is 0. The first kappa shape index (κ1) is 15.3. The van der Waals surface area contributed by atoms with Crippen LogP contribution in [0.4, 0.5) is 4.39 Å². The topological polar surface area (TPSA) is 66.0 Å². The van der Waals surface area contributed by atoms with Crippen LogP contribution in [0.3, 0.4) is 0 Å². The average Bonchev–Trinajstić information content (AvgIpc) is 3.27. The second-order valence-electron chi connectivity index (χ2n) is 5.49. The van der Waals surface area contributed by atoms with E-state index < -0.39 is 0 Å². The molecule has 4 aromatic rings. The highest BCUT2D eigenvalue weighted by Crippen LogP contribution is 2.22. The first-order valence-electron chi connectivity index (χ1n) is 7.89. The lowest BCUT2D eigenvalue weighted by Crippen LogP contribution is -1.95. The van der Waals surface area contributed by atoms with Crippen molar-refractivity contribution in [3.63, 3.8) is 0 Å². The number of aromatic nitrogens is 4. The zero-order valence-corrected chi connectivity index (χ0v) is 13.5. The number of benzene rings is 2. The van der Waals surface area contributed by atoms with Crippen LogP contribution >= 0.6 is 0 Å². The van der Waals surface area contributed by atoms with Crippen molar-refractivity contribution in [1.29, 1.82) is 0 Å². The maximum absolute atomic E-state index is 12.9. The lowest BCUT2D eigenvalue weighted by molar-refractivity contribution is 0.242. The maximum atomic E-state index is 12.9. The number of imidazole rings is 1. The Labute approximate surface area is 142 Å². The molecule has 2 heterocycles. The van der Waals surface area contributed by atoms with Gasteiger partial charge in [-0.25, -0.2) is 9.37 Å². The second kappa shape index (κ2) is 6.35. The lowest BCUT2D eigenvalue weighted by Gasteiger charge is -2.02. The van der Waals surface area contributed by atoms with Gasteiger partial charge in [0.2, 0.25) is 5.82 Å². The van der Waals surface area contributed by atoms with Crippen LogP contribution in [0.2, 0.25) is 0 Å². The Morgan fingerprint density at radius 2 is 2.00 bits per heavy atom. The monoisotopic (exact) mass is 338 g/mol. The minimum absolute atomic E-state index is 0.119. The van der Waals surface area contributed by atoms with Gasteiger partial charge in [0.15, 0.2) is 6.61 Å². The van der Waals surface area contributed by atoms with Gasteiger partial charge in [0.1, 0.15) is 11.6 Å². The molecule has 6 nitrogen and oxygen atoms in total. The molecular formula is C18H15FN4O2. The van der Waals surface area contributed by atoms with Crippen molar-refractivity contribution in [3.05, 3.63) is 60.5 Å². The molecule has 126 valence electrons. The van der Waals surface area contributed by atoms with Crippen molar-refractivity contribution in [2.45, 2.75) is 20.1 Å². The van der Waals surface area contributed by atoms with Gasteiger partial charge in [-0.2, -0.15) is 4.98 Å². The van der Waals surface area contributed by atoms with E-state index in [0.29, 0.717) is 17.5 Å². The Balaban J connectivity index is 1.53. The van der Waals surface area contributed by atoms with Gasteiger partial charge in [-0.1, -0.05) is 5.16 Å². The van der Waals surface area contributed by atoms with Gasteiger partial charge >= 0.3 is 0 Å². The zero-order chi connectivity index (χ0) is 17.2. The number of halogens is 1. The van der Waals surface area contributed by atoms with Gasteiger partial charge in [-0.05, 0) is 49.4 Å². The molecule has 0 spiro atoms. The van der Waals surface area contributed by atoms with Crippen molar-refractivity contribution in [1.82, 2.24) is 19.7 Å². The van der Waals surface area contributed by atoms with Gasteiger partial charge < -0.3 is 13.8 Å². The standard InChI is InChI=1S/C18H15FN4O2/c1-2-23-11-20-15-8-3-12(9-16(15)23)18-21-17(25-22-18)10-24-14-6-4-13(19)5-7-14/h3-9,11H,2,10H2,1H3. The van der Waals surface area contributed by atoms with E-state index in [-0.39, 0.29) is 12.4 Å². The van der Waals surface area contributed by atoms with Crippen LogP contribution in [0.25, 0.3) is 22.4 Å². The number of rotatable bonds is 5. The minimum atomic E-state index is -0.311. The highest BCUT2D eigenvalue weighted by Gasteiger charge is 2.11. The normalized spacial score (nSPS) is 11.1. The third kappa shape index (κ3) is 3.08. The van der Waals surface area contributed by atoms with Crippen LogP contribution in [0.1, 0.15) is 12.8 Å². The summed E-state index contributed by atoms with van der Waals surface area (Å²) in [4.78, 5) is 8.70. The molecule has 0 aliphatic heterocycles. The number of hydrogen-bond acceptors (Lipinski definition) is 5. The van der Waals surface area contributed by atoms with E-state index in [0.717, 1.165) is 23.1 Å². The molecule has 0 aliphatic carbocycles. The van der Waals surface area contributed by atoms with Crippen molar-refractivity contribution in [2.24, 2.45) is 0 Å². The van der Waals surface area contributed by atoms with Crippen molar-refractivity contribution >= 4 is 11.0 Å². The molecule has 0 amide bonds. The van der Waals surface area contributed by atoms with Crippen LogP contribution in [-0.2, 0) is 13.2 Å². The van der Waals surface area contributed by atoms with Crippen molar-refractivity contribution < 1.29 is 13.7 Å². The Hall–Kier alpha value is -3.22. The molecule has 0 unspecified atom stereocenters. The Bertz CT molecular complexity index is 1010. The first-order chi connectivity index (χ1) is 12.2. The smallest absolute Gasteiger partial charge is 0.264 e. The first-order valence-corrected chi connectivity index (χ1v) is 7.89. The van der Waals surface area contributed by atoms with Gasteiger partial charge in [-0.3, -0.25) is 0 Å². The molecule has 0 N–H and O–H groups in total. The molecule has 0 atom stereocenters. The van der Waals surface area contributed by atoms with Crippen LogP contribution in [0.5, 0.6) is 5.75 Å². The summed E-state index contributed by atoms with van der Waals surface area (Å²) in [5.41, 5.74) is 2.79. The SMILES string of the molecule is CCn1cnc2ccc(-c3noc(COc4ccc(F)cc4)n3)cc21. The molecule has 2 aromatic carbocycles. The fourth-order valence-electron chi connectivity index (χ4n) is 2.55. The molecule has 0 radical (unpaired) electrons. The number of nitrogens with zero attached hydrogens (tertiary/aromatic N) is 4. The van der Waals surface area contributed by atoms with Crippen LogP contribution in [-0.4, -0.2) is 19.7 Å². The molecule has 4 rings (SSSR count). The summed E-state index contributed by atoms with van der Waals surface area (Å²) in [5, 5.41) is 4.00. The lowest BCUT2D eigenvalue weighted by atomic mass is 10.2. The van der Waals surface area contributed by atoms with Gasteiger partial charge in [-0.15, -0.1) is 0 Å². The molecule has 0 bridgehead atoms. The third-order valence-electron chi connectivity index (χ3n) is 3.86. The highest BCUT2D eigenvalue weighted by molar-refractivity contribution is 5.80. The predicted molar refractivity (Wildman–Crippen MR) is 89.4 cm³/mol.